The van der Waals surface area contributed by atoms with Gasteiger partial charge in [-0.2, -0.15) is 4.39 Å². The Bertz CT molecular complexity index is 1380. The third-order valence-corrected chi connectivity index (χ3v) is 7.41. The Morgan fingerprint density at radius 2 is 2.06 bits per heavy atom. The van der Waals surface area contributed by atoms with Gasteiger partial charge in [-0.3, -0.25) is 4.40 Å². The van der Waals surface area contributed by atoms with Crippen molar-refractivity contribution in [1.29, 1.82) is 0 Å². The van der Waals surface area contributed by atoms with Crippen molar-refractivity contribution in [2.24, 2.45) is 0 Å². The van der Waals surface area contributed by atoms with Gasteiger partial charge in [-0.05, 0) is 39.8 Å². The second-order valence-electron chi connectivity index (χ2n) is 8.39. The van der Waals surface area contributed by atoms with Crippen LogP contribution in [0.1, 0.15) is 27.7 Å². The van der Waals surface area contributed by atoms with Gasteiger partial charge >= 0.3 is 0 Å². The molecule has 4 aromatic heterocycles. The number of aliphatic hydroxyl groups is 1. The SMILES string of the molecule is C[C@@H](O)COc1cc2ncc(-c3cc4cc[nH]c4nc3F)n2cc1S(=O)(=O)C(C)(C)C. The van der Waals surface area contributed by atoms with Crippen molar-refractivity contribution in [2.75, 3.05) is 6.61 Å². The van der Waals surface area contributed by atoms with Gasteiger partial charge in [0.25, 0.3) is 0 Å². The highest BCUT2D eigenvalue weighted by Crippen LogP contribution is 2.35. The minimum absolute atomic E-state index is 0.0662. The van der Waals surface area contributed by atoms with Crippen LogP contribution in [0.25, 0.3) is 27.9 Å². The first kappa shape index (κ1) is 21.3. The summed E-state index contributed by atoms with van der Waals surface area (Å²) >= 11 is 0. The smallest absolute Gasteiger partial charge is 0.224 e. The lowest BCUT2D eigenvalue weighted by Gasteiger charge is -2.22. The van der Waals surface area contributed by atoms with E-state index in [-0.39, 0.29) is 22.8 Å². The lowest BCUT2D eigenvalue weighted by atomic mass is 10.2. The molecule has 0 saturated carbocycles. The number of rotatable bonds is 5. The van der Waals surface area contributed by atoms with E-state index in [4.69, 9.17) is 4.74 Å². The van der Waals surface area contributed by atoms with Crippen molar-refractivity contribution in [1.82, 2.24) is 19.4 Å². The van der Waals surface area contributed by atoms with Gasteiger partial charge in [0.2, 0.25) is 5.95 Å². The van der Waals surface area contributed by atoms with Gasteiger partial charge in [0.15, 0.2) is 9.84 Å². The number of imidazole rings is 1. The summed E-state index contributed by atoms with van der Waals surface area (Å²) in [6.07, 6.45) is 3.72. The number of sulfone groups is 1. The average Bonchev–Trinajstić information content (AvgIpc) is 3.29. The summed E-state index contributed by atoms with van der Waals surface area (Å²) in [5, 5.41) is 10.3. The molecule has 0 radical (unpaired) electrons. The van der Waals surface area contributed by atoms with Gasteiger partial charge < -0.3 is 14.8 Å². The van der Waals surface area contributed by atoms with Crippen LogP contribution < -0.4 is 4.74 Å². The fourth-order valence-electron chi connectivity index (χ4n) is 3.18. The molecule has 0 aliphatic heterocycles. The van der Waals surface area contributed by atoms with Gasteiger partial charge in [-0.25, -0.2) is 18.4 Å². The van der Waals surface area contributed by atoms with E-state index in [9.17, 15) is 17.9 Å². The molecule has 0 amide bonds. The second-order valence-corrected chi connectivity index (χ2v) is 11.1. The number of ether oxygens (including phenoxy) is 1. The number of aliphatic hydroxyl groups excluding tert-OH is 1. The van der Waals surface area contributed by atoms with Crippen LogP contribution in [0.3, 0.4) is 0 Å². The van der Waals surface area contributed by atoms with Crippen molar-refractivity contribution in [3.8, 4) is 17.0 Å². The number of H-pyrrole nitrogens is 1. The monoisotopic (exact) mass is 446 g/mol. The minimum atomic E-state index is -3.83. The van der Waals surface area contributed by atoms with Crippen LogP contribution >= 0.6 is 0 Å². The van der Waals surface area contributed by atoms with Crippen LogP contribution in [0.15, 0.2) is 41.7 Å². The maximum atomic E-state index is 14.8. The fourth-order valence-corrected chi connectivity index (χ4v) is 4.47. The van der Waals surface area contributed by atoms with E-state index < -0.39 is 26.6 Å². The van der Waals surface area contributed by atoms with E-state index in [1.165, 1.54) is 29.8 Å². The molecule has 2 N–H and O–H groups in total. The standard InChI is InChI=1S/C21H23FN4O4S/c1-12(27)11-30-16-8-18-24-9-15(14-7-13-5-6-23-20(13)25-19(14)22)26(18)10-17(16)31(28,29)21(2,3)4/h5-10,12,27H,11H2,1-4H3,(H,23,25)/t12-/m1/s1. The molecule has 0 aliphatic carbocycles. The molecule has 0 fully saturated rings. The maximum absolute atomic E-state index is 14.8. The number of hydrogen-bond donors (Lipinski definition) is 2. The molecular formula is C21H23FN4O4S. The van der Waals surface area contributed by atoms with Crippen molar-refractivity contribution < 1.29 is 22.7 Å². The van der Waals surface area contributed by atoms with Crippen LogP contribution in [0, 0.1) is 5.95 Å². The fraction of sp³-hybridized carbons (Fsp3) is 0.333. The minimum Gasteiger partial charge on any atom is -0.489 e. The van der Waals surface area contributed by atoms with Gasteiger partial charge in [-0.1, -0.05) is 0 Å². The molecule has 0 saturated heterocycles. The van der Waals surface area contributed by atoms with Crippen molar-refractivity contribution >= 4 is 26.5 Å². The van der Waals surface area contributed by atoms with Crippen molar-refractivity contribution in [2.45, 2.75) is 43.4 Å². The zero-order valence-electron chi connectivity index (χ0n) is 17.5. The first-order chi connectivity index (χ1) is 14.5. The highest BCUT2D eigenvalue weighted by molar-refractivity contribution is 7.92. The summed E-state index contributed by atoms with van der Waals surface area (Å²) < 4.78 is 47.3. The second kappa shape index (κ2) is 7.31. The van der Waals surface area contributed by atoms with E-state index in [1.807, 2.05) is 0 Å². The van der Waals surface area contributed by atoms with Gasteiger partial charge in [-0.15, -0.1) is 0 Å². The van der Waals surface area contributed by atoms with E-state index in [2.05, 4.69) is 15.0 Å². The molecule has 0 unspecified atom stereocenters. The van der Waals surface area contributed by atoms with E-state index >= 15 is 0 Å². The summed E-state index contributed by atoms with van der Waals surface area (Å²) in [6.45, 7) is 6.21. The summed E-state index contributed by atoms with van der Waals surface area (Å²) in [6, 6.07) is 4.88. The summed E-state index contributed by atoms with van der Waals surface area (Å²) in [4.78, 5) is 11.0. The topological polar surface area (TPSA) is 110 Å². The molecular weight excluding hydrogens is 423 g/mol. The predicted molar refractivity (Wildman–Crippen MR) is 114 cm³/mol. The molecule has 1 atom stereocenters. The Labute approximate surface area is 178 Å². The zero-order chi connectivity index (χ0) is 22.6. The van der Waals surface area contributed by atoms with E-state index in [1.54, 1.807) is 39.1 Å². The maximum Gasteiger partial charge on any atom is 0.224 e. The van der Waals surface area contributed by atoms with E-state index in [0.717, 1.165) is 0 Å². The molecule has 31 heavy (non-hydrogen) atoms. The lowest BCUT2D eigenvalue weighted by Crippen LogP contribution is -2.29. The summed E-state index contributed by atoms with van der Waals surface area (Å²) in [5.41, 5.74) is 1.34. The van der Waals surface area contributed by atoms with Gasteiger partial charge in [0, 0.05) is 23.8 Å². The van der Waals surface area contributed by atoms with Gasteiger partial charge in [0.05, 0.1) is 28.3 Å². The number of fused-ring (bicyclic) bond motifs is 2. The van der Waals surface area contributed by atoms with E-state index in [0.29, 0.717) is 22.4 Å². The summed E-state index contributed by atoms with van der Waals surface area (Å²) in [5.74, 6) is -0.619. The number of pyridine rings is 2. The molecule has 0 aromatic carbocycles. The van der Waals surface area contributed by atoms with Crippen LogP contribution in [0.2, 0.25) is 0 Å². The van der Waals surface area contributed by atoms with Crippen LogP contribution in [-0.4, -0.2) is 50.3 Å². The van der Waals surface area contributed by atoms with Gasteiger partial charge in [0.1, 0.15) is 28.5 Å². The number of aromatic nitrogens is 4. The Morgan fingerprint density at radius 1 is 1.32 bits per heavy atom. The predicted octanol–water partition coefficient (Wildman–Crippen LogP) is 3.35. The number of hydrogen-bond acceptors (Lipinski definition) is 6. The molecule has 0 aliphatic rings. The Hall–Kier alpha value is -2.98. The molecule has 4 aromatic rings. The third-order valence-electron chi connectivity index (χ3n) is 4.91. The Kier molecular flexibility index (Phi) is 5.01. The first-order valence-electron chi connectivity index (χ1n) is 9.69. The molecule has 4 rings (SSSR count). The lowest BCUT2D eigenvalue weighted by molar-refractivity contribution is 0.121. The van der Waals surface area contributed by atoms with Crippen LogP contribution in [-0.2, 0) is 9.84 Å². The quantitative estimate of drug-likeness (QED) is 0.455. The highest BCUT2D eigenvalue weighted by Gasteiger charge is 2.34. The molecule has 8 nitrogen and oxygen atoms in total. The number of aromatic amines is 1. The van der Waals surface area contributed by atoms with Crippen LogP contribution in [0.4, 0.5) is 4.39 Å². The number of nitrogens with zero attached hydrogens (tertiary/aromatic N) is 3. The van der Waals surface area contributed by atoms with Crippen molar-refractivity contribution in [3.63, 3.8) is 0 Å². The summed E-state index contributed by atoms with van der Waals surface area (Å²) in [7, 11) is -3.83. The zero-order valence-corrected chi connectivity index (χ0v) is 18.4. The van der Waals surface area contributed by atoms with Crippen molar-refractivity contribution in [3.05, 3.63) is 42.7 Å². The number of halogens is 1. The Morgan fingerprint density at radius 3 is 2.74 bits per heavy atom. The Balaban J connectivity index is 1.96. The van der Waals surface area contributed by atoms with Crippen LogP contribution in [0.5, 0.6) is 5.75 Å². The molecule has 164 valence electrons. The number of nitrogens with one attached hydrogen (secondary N) is 1. The third kappa shape index (κ3) is 3.66. The molecule has 10 heteroatoms. The largest absolute Gasteiger partial charge is 0.489 e. The highest BCUT2D eigenvalue weighted by atomic mass is 32.2. The average molecular weight is 447 g/mol. The first-order valence-corrected chi connectivity index (χ1v) is 11.2. The molecule has 4 heterocycles. The molecule has 0 bridgehead atoms. The normalized spacial score (nSPS) is 13.7. The molecule has 0 spiro atoms.